The summed E-state index contributed by atoms with van der Waals surface area (Å²) in [5.41, 5.74) is 1.81. The lowest BCUT2D eigenvalue weighted by atomic mass is 10.1. The highest BCUT2D eigenvalue weighted by molar-refractivity contribution is 5.41. The topological polar surface area (TPSA) is 0 Å². The molecule has 0 N–H and O–H groups in total. The molecule has 0 saturated heterocycles. The van der Waals surface area contributed by atoms with Crippen LogP contribution in [0.3, 0.4) is 0 Å². The standard InChI is InChI=1S/C9H12/c1-5-7-9(4)8(3)6-2/h5-7H,2-4H2,1H3. The van der Waals surface area contributed by atoms with E-state index in [9.17, 15) is 0 Å². The monoisotopic (exact) mass is 120 g/mol. The molecule has 0 unspecified atom stereocenters. The van der Waals surface area contributed by atoms with Gasteiger partial charge in [0.1, 0.15) is 0 Å². The summed E-state index contributed by atoms with van der Waals surface area (Å²) in [6, 6.07) is 0. The molecule has 0 aromatic heterocycles. The van der Waals surface area contributed by atoms with Crippen molar-refractivity contribution < 1.29 is 0 Å². The smallest absolute Gasteiger partial charge is 0.0266 e. The highest BCUT2D eigenvalue weighted by Gasteiger charge is 1.86. The van der Waals surface area contributed by atoms with Gasteiger partial charge in [-0.3, -0.25) is 0 Å². The van der Waals surface area contributed by atoms with Gasteiger partial charge >= 0.3 is 0 Å². The summed E-state index contributed by atoms with van der Waals surface area (Å²) in [6.07, 6.45) is 5.53. The molecule has 0 aliphatic heterocycles. The third kappa shape index (κ3) is 2.70. The molecule has 0 atom stereocenters. The zero-order valence-corrected chi connectivity index (χ0v) is 5.85. The van der Waals surface area contributed by atoms with Crippen LogP contribution in [0.4, 0.5) is 0 Å². The molecule has 0 saturated carbocycles. The summed E-state index contributed by atoms with van der Waals surface area (Å²) in [6.45, 7) is 13.0. The van der Waals surface area contributed by atoms with Gasteiger partial charge in [0.05, 0.1) is 0 Å². The first-order valence-electron chi connectivity index (χ1n) is 2.85. The van der Waals surface area contributed by atoms with E-state index >= 15 is 0 Å². The van der Waals surface area contributed by atoms with Crippen LogP contribution in [0.5, 0.6) is 0 Å². The van der Waals surface area contributed by atoms with E-state index in [0.717, 1.165) is 11.1 Å². The largest absolute Gasteiger partial charge is 0.0985 e. The molecular weight excluding hydrogens is 108 g/mol. The van der Waals surface area contributed by atoms with Gasteiger partial charge in [-0.05, 0) is 18.1 Å². The Morgan fingerprint density at radius 1 is 1.22 bits per heavy atom. The van der Waals surface area contributed by atoms with Crippen molar-refractivity contribution in [1.29, 1.82) is 0 Å². The summed E-state index contributed by atoms with van der Waals surface area (Å²) in [4.78, 5) is 0. The molecular formula is C9H12. The summed E-state index contributed by atoms with van der Waals surface area (Å²) in [5, 5.41) is 0. The minimum Gasteiger partial charge on any atom is -0.0985 e. The van der Waals surface area contributed by atoms with Crippen LogP contribution < -0.4 is 0 Å². The SMILES string of the molecule is C=CC(=C)C(=C)C=CC. The Kier molecular flexibility index (Phi) is 3.45. The van der Waals surface area contributed by atoms with E-state index in [0.29, 0.717) is 0 Å². The molecule has 0 spiro atoms. The number of rotatable bonds is 3. The van der Waals surface area contributed by atoms with Crippen LogP contribution >= 0.6 is 0 Å². The molecule has 0 radical (unpaired) electrons. The fourth-order valence-electron chi connectivity index (χ4n) is 0.439. The van der Waals surface area contributed by atoms with Crippen molar-refractivity contribution in [2.24, 2.45) is 0 Å². The average molecular weight is 120 g/mol. The van der Waals surface area contributed by atoms with Crippen LogP contribution in [0.1, 0.15) is 6.92 Å². The minimum absolute atomic E-state index is 0.883. The number of allylic oxidation sites excluding steroid dienone is 5. The van der Waals surface area contributed by atoms with Gasteiger partial charge in [0.15, 0.2) is 0 Å². The van der Waals surface area contributed by atoms with Crippen LogP contribution in [0.15, 0.2) is 49.1 Å². The lowest BCUT2D eigenvalue weighted by molar-refractivity contribution is 1.58. The maximum Gasteiger partial charge on any atom is -0.0266 e. The third-order valence-electron chi connectivity index (χ3n) is 1.03. The van der Waals surface area contributed by atoms with Crippen LogP contribution in [0, 0.1) is 0 Å². The first-order chi connectivity index (χ1) is 4.22. The fraction of sp³-hybridized carbons (Fsp3) is 0.111. The van der Waals surface area contributed by atoms with E-state index in [1.807, 2.05) is 19.1 Å². The Bertz CT molecular complexity index is 159. The molecule has 0 aliphatic carbocycles. The van der Waals surface area contributed by atoms with Gasteiger partial charge in [-0.2, -0.15) is 0 Å². The zero-order chi connectivity index (χ0) is 7.28. The van der Waals surface area contributed by atoms with Gasteiger partial charge in [0, 0.05) is 0 Å². The first kappa shape index (κ1) is 7.96. The maximum absolute atomic E-state index is 3.76. The van der Waals surface area contributed by atoms with Crippen LogP contribution in [-0.2, 0) is 0 Å². The summed E-state index contributed by atoms with van der Waals surface area (Å²) >= 11 is 0. The van der Waals surface area contributed by atoms with E-state index in [1.165, 1.54) is 0 Å². The van der Waals surface area contributed by atoms with Crippen molar-refractivity contribution in [3.05, 3.63) is 49.1 Å². The molecule has 48 valence electrons. The second kappa shape index (κ2) is 3.90. The van der Waals surface area contributed by atoms with Gasteiger partial charge < -0.3 is 0 Å². The Balaban J connectivity index is 4.04. The molecule has 0 bridgehead atoms. The Hall–Kier alpha value is -1.04. The lowest BCUT2D eigenvalue weighted by Crippen LogP contribution is -1.74. The van der Waals surface area contributed by atoms with Gasteiger partial charge in [-0.1, -0.05) is 38.0 Å². The molecule has 0 heteroatoms. The van der Waals surface area contributed by atoms with Crippen molar-refractivity contribution in [1.82, 2.24) is 0 Å². The van der Waals surface area contributed by atoms with Crippen molar-refractivity contribution in [3.63, 3.8) is 0 Å². The highest BCUT2D eigenvalue weighted by Crippen LogP contribution is 2.06. The Morgan fingerprint density at radius 3 is 2.11 bits per heavy atom. The summed E-state index contributed by atoms with van der Waals surface area (Å²) in [5.74, 6) is 0. The first-order valence-corrected chi connectivity index (χ1v) is 2.85. The van der Waals surface area contributed by atoms with Gasteiger partial charge in [0.25, 0.3) is 0 Å². The molecule has 0 aromatic rings. The second-order valence-electron chi connectivity index (χ2n) is 1.75. The van der Waals surface area contributed by atoms with Gasteiger partial charge in [-0.15, -0.1) is 0 Å². The van der Waals surface area contributed by atoms with Crippen molar-refractivity contribution in [2.45, 2.75) is 6.92 Å². The van der Waals surface area contributed by atoms with Crippen molar-refractivity contribution in [2.75, 3.05) is 0 Å². The van der Waals surface area contributed by atoms with E-state index in [-0.39, 0.29) is 0 Å². The average Bonchev–Trinajstić information content (AvgIpc) is 1.87. The van der Waals surface area contributed by atoms with Crippen LogP contribution in [-0.4, -0.2) is 0 Å². The third-order valence-corrected chi connectivity index (χ3v) is 1.03. The molecule has 0 nitrogen and oxygen atoms in total. The Labute approximate surface area is 56.9 Å². The predicted molar refractivity (Wildman–Crippen MR) is 43.3 cm³/mol. The van der Waals surface area contributed by atoms with Crippen LogP contribution in [0.2, 0.25) is 0 Å². The Morgan fingerprint density at radius 2 is 1.78 bits per heavy atom. The molecule has 9 heavy (non-hydrogen) atoms. The normalized spacial score (nSPS) is 9.44. The molecule has 0 rings (SSSR count). The van der Waals surface area contributed by atoms with Crippen molar-refractivity contribution >= 4 is 0 Å². The molecule has 0 aliphatic rings. The molecule has 0 aromatic carbocycles. The van der Waals surface area contributed by atoms with Crippen LogP contribution in [0.25, 0.3) is 0 Å². The molecule has 0 amide bonds. The quantitative estimate of drug-likeness (QED) is 0.502. The van der Waals surface area contributed by atoms with E-state index in [1.54, 1.807) is 6.08 Å². The summed E-state index contributed by atoms with van der Waals surface area (Å²) < 4.78 is 0. The summed E-state index contributed by atoms with van der Waals surface area (Å²) in [7, 11) is 0. The highest BCUT2D eigenvalue weighted by atomic mass is 13.9. The van der Waals surface area contributed by atoms with E-state index in [4.69, 9.17) is 0 Å². The zero-order valence-electron chi connectivity index (χ0n) is 5.85. The van der Waals surface area contributed by atoms with Crippen molar-refractivity contribution in [3.8, 4) is 0 Å². The number of hydrogen-bond donors (Lipinski definition) is 0. The van der Waals surface area contributed by atoms with E-state index < -0.39 is 0 Å². The molecule has 0 fully saturated rings. The number of hydrogen-bond acceptors (Lipinski definition) is 0. The molecule has 0 heterocycles. The van der Waals surface area contributed by atoms with E-state index in [2.05, 4.69) is 19.7 Å². The second-order valence-corrected chi connectivity index (χ2v) is 1.75. The van der Waals surface area contributed by atoms with Gasteiger partial charge in [0.2, 0.25) is 0 Å². The van der Waals surface area contributed by atoms with Gasteiger partial charge in [-0.25, -0.2) is 0 Å². The maximum atomic E-state index is 3.76. The fourth-order valence-corrected chi connectivity index (χ4v) is 0.439. The predicted octanol–water partition coefficient (Wildman–Crippen LogP) is 2.86. The minimum atomic E-state index is 0.883. The lowest BCUT2D eigenvalue weighted by Gasteiger charge is -1.94.